The van der Waals surface area contributed by atoms with Crippen molar-refractivity contribution in [1.29, 1.82) is 0 Å². The van der Waals surface area contributed by atoms with Gasteiger partial charge in [0, 0.05) is 12.6 Å². The van der Waals surface area contributed by atoms with Gasteiger partial charge in [0.15, 0.2) is 0 Å². The van der Waals surface area contributed by atoms with E-state index in [9.17, 15) is 4.79 Å². The molecule has 158 valence electrons. The Balaban J connectivity index is 2.31. The summed E-state index contributed by atoms with van der Waals surface area (Å²) >= 11 is 6.33. The number of amides is 1. The SMILES string of the molecule is CCC(CC)CN(C)C(C)[C@H](NC(=O)c1c(Cl)cccc1OC)c1ccccc1. The number of rotatable bonds is 10. The lowest BCUT2D eigenvalue weighted by atomic mass is 9.96. The van der Waals surface area contributed by atoms with Crippen LogP contribution in [0.25, 0.3) is 0 Å². The van der Waals surface area contributed by atoms with E-state index >= 15 is 0 Å². The molecule has 0 fully saturated rings. The molecular formula is C24H33ClN2O2. The Morgan fingerprint density at radius 2 is 1.76 bits per heavy atom. The van der Waals surface area contributed by atoms with Gasteiger partial charge in [-0.25, -0.2) is 0 Å². The zero-order chi connectivity index (χ0) is 21.4. The van der Waals surface area contributed by atoms with Gasteiger partial charge in [-0.1, -0.05) is 74.7 Å². The maximum atomic E-state index is 13.2. The highest BCUT2D eigenvalue weighted by Gasteiger charge is 2.27. The summed E-state index contributed by atoms with van der Waals surface area (Å²) in [5.74, 6) is 0.877. The fourth-order valence-corrected chi connectivity index (χ4v) is 3.88. The first-order chi connectivity index (χ1) is 13.9. The Morgan fingerprint density at radius 1 is 1.10 bits per heavy atom. The summed E-state index contributed by atoms with van der Waals surface area (Å²) in [6.45, 7) is 7.60. The van der Waals surface area contributed by atoms with Crippen LogP contribution in [0.15, 0.2) is 48.5 Å². The van der Waals surface area contributed by atoms with Gasteiger partial charge in [-0.2, -0.15) is 0 Å². The van der Waals surface area contributed by atoms with E-state index in [2.05, 4.69) is 50.2 Å². The highest BCUT2D eigenvalue weighted by molar-refractivity contribution is 6.34. The van der Waals surface area contributed by atoms with Gasteiger partial charge < -0.3 is 15.0 Å². The fraction of sp³-hybridized carbons (Fsp3) is 0.458. The summed E-state index contributed by atoms with van der Waals surface area (Å²) < 4.78 is 5.37. The highest BCUT2D eigenvalue weighted by atomic mass is 35.5. The van der Waals surface area contributed by atoms with Crippen LogP contribution in [0.5, 0.6) is 5.75 Å². The molecule has 2 rings (SSSR count). The number of likely N-dealkylation sites (N-methyl/N-ethyl adjacent to an activating group) is 1. The van der Waals surface area contributed by atoms with Crippen LogP contribution in [0, 0.1) is 5.92 Å². The second-order valence-electron chi connectivity index (χ2n) is 7.54. The number of carbonyl (C=O) groups is 1. The summed E-state index contributed by atoms with van der Waals surface area (Å²) in [6.07, 6.45) is 2.29. The molecule has 1 amide bonds. The molecule has 0 heterocycles. The molecule has 29 heavy (non-hydrogen) atoms. The average Bonchev–Trinajstić information content (AvgIpc) is 2.75. The molecule has 1 unspecified atom stereocenters. The molecule has 0 saturated carbocycles. The number of benzene rings is 2. The van der Waals surface area contributed by atoms with Gasteiger partial charge in [0.2, 0.25) is 0 Å². The summed E-state index contributed by atoms with van der Waals surface area (Å²) in [7, 11) is 3.67. The van der Waals surface area contributed by atoms with Crippen LogP contribution in [0.3, 0.4) is 0 Å². The van der Waals surface area contributed by atoms with E-state index < -0.39 is 0 Å². The summed E-state index contributed by atoms with van der Waals surface area (Å²) in [6, 6.07) is 15.2. The molecule has 2 aromatic rings. The molecule has 4 nitrogen and oxygen atoms in total. The number of carbonyl (C=O) groups excluding carboxylic acids is 1. The van der Waals surface area contributed by atoms with Crippen molar-refractivity contribution in [2.45, 2.75) is 45.7 Å². The van der Waals surface area contributed by atoms with Crippen LogP contribution >= 0.6 is 11.6 Å². The van der Waals surface area contributed by atoms with E-state index in [0.717, 1.165) is 24.9 Å². The van der Waals surface area contributed by atoms with Gasteiger partial charge >= 0.3 is 0 Å². The standard InChI is InChI=1S/C24H33ClN2O2/c1-6-18(7-2)16-27(4)17(3)23(19-12-9-8-10-13-19)26-24(28)22-20(25)14-11-15-21(22)29-5/h8-15,17-18,23H,6-7,16H2,1-5H3,(H,26,28)/t17?,23-/m0/s1. The van der Waals surface area contributed by atoms with Gasteiger partial charge in [0.1, 0.15) is 5.75 Å². The molecule has 0 aliphatic heterocycles. The van der Waals surface area contributed by atoms with Crippen molar-refractivity contribution in [2.24, 2.45) is 5.92 Å². The Kier molecular flexibility index (Phi) is 8.99. The smallest absolute Gasteiger partial charge is 0.257 e. The van der Waals surface area contributed by atoms with Crippen molar-refractivity contribution in [3.05, 3.63) is 64.7 Å². The second kappa shape index (κ2) is 11.2. The van der Waals surface area contributed by atoms with Crippen LogP contribution in [0.4, 0.5) is 0 Å². The second-order valence-corrected chi connectivity index (χ2v) is 7.95. The van der Waals surface area contributed by atoms with Crippen molar-refractivity contribution in [2.75, 3.05) is 20.7 Å². The molecule has 2 atom stereocenters. The number of hydrogen-bond donors (Lipinski definition) is 1. The lowest BCUT2D eigenvalue weighted by Crippen LogP contribution is -2.44. The molecule has 5 heteroatoms. The maximum absolute atomic E-state index is 13.2. The largest absolute Gasteiger partial charge is 0.496 e. The van der Waals surface area contributed by atoms with E-state index in [1.165, 1.54) is 0 Å². The third-order valence-electron chi connectivity index (χ3n) is 5.75. The van der Waals surface area contributed by atoms with Crippen LogP contribution < -0.4 is 10.1 Å². The Labute approximate surface area is 180 Å². The Bertz CT molecular complexity index is 778. The lowest BCUT2D eigenvalue weighted by Gasteiger charge is -2.35. The topological polar surface area (TPSA) is 41.6 Å². The number of methoxy groups -OCH3 is 1. The predicted molar refractivity (Wildman–Crippen MR) is 121 cm³/mol. The number of hydrogen-bond acceptors (Lipinski definition) is 3. The van der Waals surface area contributed by atoms with Crippen LogP contribution in [-0.2, 0) is 0 Å². The van der Waals surface area contributed by atoms with E-state index in [0.29, 0.717) is 22.3 Å². The zero-order valence-electron chi connectivity index (χ0n) is 18.1. The molecule has 0 radical (unpaired) electrons. The summed E-state index contributed by atoms with van der Waals surface area (Å²) in [5.41, 5.74) is 1.43. The Hall–Kier alpha value is -2.04. The number of ether oxygens (including phenoxy) is 1. The molecule has 0 aromatic heterocycles. The first kappa shape index (κ1) is 23.2. The van der Waals surface area contributed by atoms with Gasteiger partial charge in [0.25, 0.3) is 5.91 Å². The van der Waals surface area contributed by atoms with Crippen LogP contribution in [0.1, 0.15) is 55.6 Å². The molecule has 1 N–H and O–H groups in total. The third-order valence-corrected chi connectivity index (χ3v) is 6.06. The maximum Gasteiger partial charge on any atom is 0.257 e. The number of nitrogens with one attached hydrogen (secondary N) is 1. The van der Waals surface area contributed by atoms with Crippen molar-refractivity contribution in [3.63, 3.8) is 0 Å². The van der Waals surface area contributed by atoms with Crippen LogP contribution in [-0.4, -0.2) is 37.6 Å². The predicted octanol–water partition coefficient (Wildman–Crippen LogP) is 5.58. The van der Waals surface area contributed by atoms with Gasteiger partial charge in [0.05, 0.1) is 23.7 Å². The first-order valence-electron chi connectivity index (χ1n) is 10.3. The number of halogens is 1. The normalized spacial score (nSPS) is 13.4. The monoisotopic (exact) mass is 416 g/mol. The Morgan fingerprint density at radius 3 is 2.34 bits per heavy atom. The van der Waals surface area contributed by atoms with Crippen molar-refractivity contribution < 1.29 is 9.53 Å². The van der Waals surface area contributed by atoms with Gasteiger partial charge in [-0.05, 0) is 37.6 Å². The van der Waals surface area contributed by atoms with Crippen molar-refractivity contribution in [1.82, 2.24) is 10.2 Å². The lowest BCUT2D eigenvalue weighted by molar-refractivity contribution is 0.0895. The highest BCUT2D eigenvalue weighted by Crippen LogP contribution is 2.28. The minimum Gasteiger partial charge on any atom is -0.496 e. The van der Waals surface area contributed by atoms with E-state index in [4.69, 9.17) is 16.3 Å². The minimum absolute atomic E-state index is 0.107. The first-order valence-corrected chi connectivity index (χ1v) is 10.7. The quantitative estimate of drug-likeness (QED) is 0.550. The van der Waals surface area contributed by atoms with Crippen molar-refractivity contribution in [3.8, 4) is 5.75 Å². The van der Waals surface area contributed by atoms with E-state index in [1.807, 2.05) is 18.2 Å². The van der Waals surface area contributed by atoms with Gasteiger partial charge in [-0.3, -0.25) is 4.79 Å². The van der Waals surface area contributed by atoms with E-state index in [1.54, 1.807) is 25.3 Å². The zero-order valence-corrected chi connectivity index (χ0v) is 18.9. The minimum atomic E-state index is -0.232. The van der Waals surface area contributed by atoms with Gasteiger partial charge in [-0.15, -0.1) is 0 Å². The molecule has 0 saturated heterocycles. The molecule has 0 bridgehead atoms. The fourth-order valence-electron chi connectivity index (χ4n) is 3.63. The third kappa shape index (κ3) is 5.97. The van der Waals surface area contributed by atoms with Crippen molar-refractivity contribution >= 4 is 17.5 Å². The average molecular weight is 417 g/mol. The van der Waals surface area contributed by atoms with Crippen LogP contribution in [0.2, 0.25) is 5.02 Å². The number of nitrogens with zero attached hydrogens (tertiary/aromatic N) is 1. The summed E-state index contributed by atoms with van der Waals surface area (Å²) in [4.78, 5) is 15.5. The molecule has 0 aliphatic carbocycles. The van der Waals surface area contributed by atoms with E-state index in [-0.39, 0.29) is 18.0 Å². The molecular weight excluding hydrogens is 384 g/mol. The molecule has 2 aromatic carbocycles. The molecule has 0 aliphatic rings. The molecule has 0 spiro atoms. The summed E-state index contributed by atoms with van der Waals surface area (Å²) in [5, 5.41) is 3.59.